The molecule has 4 rings (SSSR count). The Morgan fingerprint density at radius 1 is 1.03 bits per heavy atom. The number of amides is 1. The number of hydrogen-bond donors (Lipinski definition) is 1. The summed E-state index contributed by atoms with van der Waals surface area (Å²) in [5.41, 5.74) is 2.01. The van der Waals surface area contributed by atoms with Gasteiger partial charge in [-0.15, -0.1) is 0 Å². The lowest BCUT2D eigenvalue weighted by Gasteiger charge is -2.38. The van der Waals surface area contributed by atoms with Gasteiger partial charge in [0.2, 0.25) is 6.79 Å². The van der Waals surface area contributed by atoms with Crippen molar-refractivity contribution in [3.63, 3.8) is 0 Å². The SMILES string of the molecule is CS(=O)(=O)Cc1ccc(C(=O)NCC2(c3ccc4c(c3)OCO4)CCOCC2)cc1. The van der Waals surface area contributed by atoms with Gasteiger partial charge in [-0.2, -0.15) is 0 Å². The number of benzene rings is 2. The zero-order valence-corrected chi connectivity index (χ0v) is 17.7. The monoisotopic (exact) mass is 431 g/mol. The maximum absolute atomic E-state index is 12.7. The van der Waals surface area contributed by atoms with Gasteiger partial charge in [-0.25, -0.2) is 8.42 Å². The fraction of sp³-hybridized carbons (Fsp3) is 0.409. The zero-order valence-electron chi connectivity index (χ0n) is 16.8. The first-order valence-electron chi connectivity index (χ1n) is 9.87. The molecule has 0 unspecified atom stereocenters. The topological polar surface area (TPSA) is 90.9 Å². The predicted molar refractivity (Wildman–Crippen MR) is 112 cm³/mol. The van der Waals surface area contributed by atoms with Crippen LogP contribution >= 0.6 is 0 Å². The van der Waals surface area contributed by atoms with Crippen LogP contribution in [0, 0.1) is 0 Å². The van der Waals surface area contributed by atoms with Crippen LogP contribution in [0.3, 0.4) is 0 Å². The molecule has 160 valence electrons. The Morgan fingerprint density at radius 3 is 2.43 bits per heavy atom. The van der Waals surface area contributed by atoms with Crippen molar-refractivity contribution in [1.82, 2.24) is 5.32 Å². The first-order valence-corrected chi connectivity index (χ1v) is 11.9. The number of rotatable bonds is 6. The fourth-order valence-electron chi connectivity index (χ4n) is 3.96. The van der Waals surface area contributed by atoms with Crippen molar-refractivity contribution in [3.05, 3.63) is 59.2 Å². The standard InChI is InChI=1S/C22H25NO6S/c1-30(25,26)13-16-2-4-17(5-3-16)21(24)23-14-22(8-10-27-11-9-22)18-6-7-19-20(12-18)29-15-28-19/h2-7,12H,8-11,13-15H2,1H3,(H,23,24). The molecule has 2 aliphatic heterocycles. The van der Waals surface area contributed by atoms with Crippen LogP contribution in [0.15, 0.2) is 42.5 Å². The van der Waals surface area contributed by atoms with Crippen molar-refractivity contribution in [2.75, 3.05) is 32.8 Å². The highest BCUT2D eigenvalue weighted by atomic mass is 32.2. The highest BCUT2D eigenvalue weighted by Crippen LogP contribution is 2.40. The molecule has 8 heteroatoms. The summed E-state index contributed by atoms with van der Waals surface area (Å²) in [5, 5.41) is 3.06. The first-order chi connectivity index (χ1) is 14.3. The van der Waals surface area contributed by atoms with Gasteiger partial charge < -0.3 is 19.5 Å². The molecule has 0 spiro atoms. The van der Waals surface area contributed by atoms with Crippen molar-refractivity contribution in [1.29, 1.82) is 0 Å². The van der Waals surface area contributed by atoms with Crippen molar-refractivity contribution in [2.24, 2.45) is 0 Å². The van der Waals surface area contributed by atoms with Gasteiger partial charge in [0.05, 0.1) is 5.75 Å². The average molecular weight is 432 g/mol. The molecule has 0 atom stereocenters. The van der Waals surface area contributed by atoms with Gasteiger partial charge in [0, 0.05) is 37.0 Å². The van der Waals surface area contributed by atoms with E-state index >= 15 is 0 Å². The Balaban J connectivity index is 1.48. The molecule has 0 radical (unpaired) electrons. The molecular weight excluding hydrogens is 406 g/mol. The fourth-order valence-corrected chi connectivity index (χ4v) is 4.76. The van der Waals surface area contributed by atoms with E-state index in [-0.39, 0.29) is 23.9 Å². The summed E-state index contributed by atoms with van der Waals surface area (Å²) in [6.07, 6.45) is 2.78. The van der Waals surface area contributed by atoms with E-state index in [4.69, 9.17) is 14.2 Å². The minimum absolute atomic E-state index is 0.0396. The molecule has 2 aromatic rings. The van der Waals surface area contributed by atoms with Gasteiger partial charge in [-0.05, 0) is 48.2 Å². The molecule has 1 amide bonds. The summed E-state index contributed by atoms with van der Waals surface area (Å²) in [5.74, 6) is 1.24. The van der Waals surface area contributed by atoms with Crippen LogP contribution < -0.4 is 14.8 Å². The smallest absolute Gasteiger partial charge is 0.251 e. The van der Waals surface area contributed by atoms with Crippen molar-refractivity contribution >= 4 is 15.7 Å². The maximum atomic E-state index is 12.7. The molecular formula is C22H25NO6S. The predicted octanol–water partition coefficient (Wildman–Crippen LogP) is 2.44. The van der Waals surface area contributed by atoms with E-state index in [9.17, 15) is 13.2 Å². The van der Waals surface area contributed by atoms with E-state index in [0.29, 0.717) is 30.9 Å². The first kappa shape index (κ1) is 20.7. The highest BCUT2D eigenvalue weighted by molar-refractivity contribution is 7.89. The van der Waals surface area contributed by atoms with Crippen LogP contribution in [-0.4, -0.2) is 47.1 Å². The summed E-state index contributed by atoms with van der Waals surface area (Å²) in [6.45, 7) is 1.95. The molecule has 2 heterocycles. The Kier molecular flexibility index (Phi) is 5.71. The lowest BCUT2D eigenvalue weighted by molar-refractivity contribution is 0.0486. The average Bonchev–Trinajstić information content (AvgIpc) is 3.20. The van der Waals surface area contributed by atoms with Crippen LogP contribution in [-0.2, 0) is 25.7 Å². The van der Waals surface area contributed by atoms with Crippen LogP contribution in [0.4, 0.5) is 0 Å². The summed E-state index contributed by atoms with van der Waals surface area (Å²) in [6, 6.07) is 12.6. The number of ether oxygens (including phenoxy) is 3. The van der Waals surface area contributed by atoms with Crippen LogP contribution in [0.2, 0.25) is 0 Å². The van der Waals surface area contributed by atoms with E-state index in [1.807, 2.05) is 18.2 Å². The van der Waals surface area contributed by atoms with Gasteiger partial charge in [0.25, 0.3) is 5.91 Å². The van der Waals surface area contributed by atoms with Gasteiger partial charge in [0.15, 0.2) is 21.3 Å². The Bertz CT molecular complexity index is 1030. The van der Waals surface area contributed by atoms with Crippen LogP contribution in [0.1, 0.15) is 34.3 Å². The number of sulfone groups is 1. The lowest BCUT2D eigenvalue weighted by Crippen LogP contribution is -2.44. The molecule has 0 aromatic heterocycles. The van der Waals surface area contributed by atoms with E-state index in [2.05, 4.69) is 5.32 Å². The number of carbonyl (C=O) groups is 1. The summed E-state index contributed by atoms with van der Waals surface area (Å²) < 4.78 is 39.4. The molecule has 0 bridgehead atoms. The highest BCUT2D eigenvalue weighted by Gasteiger charge is 2.36. The maximum Gasteiger partial charge on any atom is 0.251 e. The second-order valence-electron chi connectivity index (χ2n) is 7.91. The molecule has 0 saturated carbocycles. The van der Waals surface area contributed by atoms with Crippen LogP contribution in [0.25, 0.3) is 0 Å². The second-order valence-corrected chi connectivity index (χ2v) is 10.1. The Hall–Kier alpha value is -2.58. The molecule has 1 fully saturated rings. The molecule has 7 nitrogen and oxygen atoms in total. The van der Waals surface area contributed by atoms with E-state index < -0.39 is 9.84 Å². The minimum atomic E-state index is -3.11. The largest absolute Gasteiger partial charge is 0.454 e. The number of hydrogen-bond acceptors (Lipinski definition) is 6. The quantitative estimate of drug-likeness (QED) is 0.756. The molecule has 2 aromatic carbocycles. The van der Waals surface area contributed by atoms with Gasteiger partial charge in [0.1, 0.15) is 0 Å². The molecule has 2 aliphatic rings. The Morgan fingerprint density at radius 2 is 1.73 bits per heavy atom. The lowest BCUT2D eigenvalue weighted by atomic mass is 9.74. The van der Waals surface area contributed by atoms with Crippen molar-refractivity contribution < 1.29 is 27.4 Å². The summed E-state index contributed by atoms with van der Waals surface area (Å²) in [7, 11) is -3.11. The van der Waals surface area contributed by atoms with Crippen molar-refractivity contribution in [2.45, 2.75) is 24.0 Å². The molecule has 1 N–H and O–H groups in total. The minimum Gasteiger partial charge on any atom is -0.454 e. The van der Waals surface area contributed by atoms with Crippen LogP contribution in [0.5, 0.6) is 11.5 Å². The van der Waals surface area contributed by atoms with E-state index in [1.165, 1.54) is 6.26 Å². The number of fused-ring (bicyclic) bond motifs is 1. The second kappa shape index (κ2) is 8.28. The van der Waals surface area contributed by atoms with Gasteiger partial charge >= 0.3 is 0 Å². The third kappa shape index (κ3) is 4.60. The summed E-state index contributed by atoms with van der Waals surface area (Å²) in [4.78, 5) is 12.7. The van der Waals surface area contributed by atoms with E-state index in [1.54, 1.807) is 24.3 Å². The molecule has 1 saturated heterocycles. The normalized spacial score (nSPS) is 17.5. The summed E-state index contributed by atoms with van der Waals surface area (Å²) >= 11 is 0. The third-order valence-corrected chi connectivity index (χ3v) is 6.52. The third-order valence-electron chi connectivity index (χ3n) is 5.67. The number of nitrogens with one attached hydrogen (secondary N) is 1. The van der Waals surface area contributed by atoms with Gasteiger partial charge in [-0.3, -0.25) is 4.79 Å². The van der Waals surface area contributed by atoms with E-state index in [0.717, 1.165) is 29.9 Å². The molecule has 30 heavy (non-hydrogen) atoms. The van der Waals surface area contributed by atoms with Gasteiger partial charge in [-0.1, -0.05) is 18.2 Å². The zero-order chi connectivity index (χ0) is 21.2. The van der Waals surface area contributed by atoms with Crippen molar-refractivity contribution in [3.8, 4) is 11.5 Å². The number of carbonyl (C=O) groups excluding carboxylic acids is 1. The Labute approximate surface area is 176 Å². The molecule has 0 aliphatic carbocycles.